The quantitative estimate of drug-likeness (QED) is 0.365. The first kappa shape index (κ1) is 19.3. The lowest BCUT2D eigenvalue weighted by molar-refractivity contribution is 0.100. The largest absolute Gasteiger partial charge is 0.332 e. The molecule has 0 spiro atoms. The molecule has 3 aromatic heterocycles. The highest BCUT2D eigenvalue weighted by Gasteiger charge is 2.19. The molecule has 0 saturated heterocycles. The van der Waals surface area contributed by atoms with Gasteiger partial charge in [-0.1, -0.05) is 27.7 Å². The van der Waals surface area contributed by atoms with E-state index in [1.807, 2.05) is 27.7 Å². The van der Waals surface area contributed by atoms with Crippen LogP contribution >= 0.6 is 15.9 Å². The molecule has 3 heterocycles. The van der Waals surface area contributed by atoms with E-state index in [4.69, 9.17) is 5.53 Å². The Morgan fingerprint density at radius 2 is 1.96 bits per heavy atom. The second-order valence-corrected chi connectivity index (χ2v) is 4.58. The number of nitrogens with zero attached hydrogens (tertiary/aromatic N) is 5. The molecule has 0 aliphatic rings. The highest BCUT2D eigenvalue weighted by molar-refractivity contribution is 9.10. The summed E-state index contributed by atoms with van der Waals surface area (Å²) in [5, 5.41) is 3.87. The molecule has 0 radical (unpaired) electrons. The first-order valence-corrected chi connectivity index (χ1v) is 8.05. The summed E-state index contributed by atoms with van der Waals surface area (Å²) >= 11 is 3.05. The number of hydrogen-bond donors (Lipinski definition) is 2. The van der Waals surface area contributed by atoms with E-state index in [1.54, 1.807) is 0 Å². The standard InChI is InChI=1S/C10H4BrN7O2.2C2H6/c11-6-4(9(19)17-18-12)3-1-13-7-5(3)8(15-2-14-7)16-10(6)20;2*1-2/h1-2H,(H2,13,14,15,16,20);2*1-2H3. The molecule has 1 amide bonds. The van der Waals surface area contributed by atoms with Crippen LogP contribution in [0.25, 0.3) is 32.5 Å². The molecule has 0 atom stereocenters. The van der Waals surface area contributed by atoms with Crippen molar-refractivity contribution < 1.29 is 4.79 Å². The molecule has 0 aliphatic heterocycles. The first-order chi connectivity index (χ1) is 11.6. The number of amides is 1. The van der Waals surface area contributed by atoms with Crippen LogP contribution in [0.15, 0.2) is 26.9 Å². The Labute approximate surface area is 145 Å². The van der Waals surface area contributed by atoms with Gasteiger partial charge in [-0.25, -0.2) is 9.97 Å². The Morgan fingerprint density at radius 1 is 1.29 bits per heavy atom. The summed E-state index contributed by atoms with van der Waals surface area (Å²) in [6, 6.07) is 0. The third kappa shape index (κ3) is 3.44. The van der Waals surface area contributed by atoms with Crippen LogP contribution in [0.3, 0.4) is 0 Å². The van der Waals surface area contributed by atoms with E-state index in [-0.39, 0.29) is 10.0 Å². The van der Waals surface area contributed by atoms with Crippen molar-refractivity contribution in [2.75, 3.05) is 0 Å². The van der Waals surface area contributed by atoms with Crippen molar-refractivity contribution in [2.24, 2.45) is 5.11 Å². The Kier molecular flexibility index (Phi) is 7.09. The highest BCUT2D eigenvalue weighted by atomic mass is 79.9. The van der Waals surface area contributed by atoms with Gasteiger partial charge in [0, 0.05) is 16.5 Å². The lowest BCUT2D eigenvalue weighted by atomic mass is 10.1. The van der Waals surface area contributed by atoms with Gasteiger partial charge in [-0.2, -0.15) is 0 Å². The smallest absolute Gasteiger partial charge is 0.264 e. The normalized spacial score (nSPS) is 9.38. The monoisotopic (exact) mass is 393 g/mol. The van der Waals surface area contributed by atoms with Gasteiger partial charge in [0.25, 0.3) is 11.5 Å². The van der Waals surface area contributed by atoms with Gasteiger partial charge in [-0.15, -0.1) is 0 Å². The van der Waals surface area contributed by atoms with Crippen molar-refractivity contribution >= 4 is 43.9 Å². The Balaban J connectivity index is 0.000000671. The second kappa shape index (κ2) is 8.80. The van der Waals surface area contributed by atoms with E-state index < -0.39 is 11.5 Å². The number of rotatable bonds is 1. The molecule has 0 saturated carbocycles. The highest BCUT2D eigenvalue weighted by Crippen LogP contribution is 2.27. The minimum Gasteiger partial charge on any atom is -0.332 e. The Morgan fingerprint density at radius 3 is 2.58 bits per heavy atom. The molecule has 0 unspecified atom stereocenters. The van der Waals surface area contributed by atoms with Crippen molar-refractivity contribution in [2.45, 2.75) is 27.7 Å². The molecule has 24 heavy (non-hydrogen) atoms. The Hall–Kier alpha value is -2.71. The van der Waals surface area contributed by atoms with Crippen molar-refractivity contribution in [1.82, 2.24) is 19.9 Å². The van der Waals surface area contributed by atoms with Crippen LogP contribution in [0.1, 0.15) is 38.1 Å². The molecule has 10 heteroatoms. The Bertz CT molecular complexity index is 970. The maximum absolute atomic E-state index is 12.0. The number of hydrogen-bond acceptors (Lipinski definition) is 4. The van der Waals surface area contributed by atoms with Gasteiger partial charge >= 0.3 is 0 Å². The average molecular weight is 394 g/mol. The molecule has 3 aromatic rings. The van der Waals surface area contributed by atoms with E-state index in [1.165, 1.54) is 12.5 Å². The van der Waals surface area contributed by atoms with Crippen LogP contribution in [0.5, 0.6) is 0 Å². The van der Waals surface area contributed by atoms with Crippen LogP contribution in [0.2, 0.25) is 0 Å². The summed E-state index contributed by atoms with van der Waals surface area (Å²) in [4.78, 5) is 39.8. The SMILES string of the molecule is CC.CC.[N-]=[N+]=NC(=O)c1c(Br)c(=O)[nH]c2[nH]cnc3ncc1c32. The number of halogens is 1. The minimum atomic E-state index is -0.875. The summed E-state index contributed by atoms with van der Waals surface area (Å²) in [6.07, 6.45) is 2.78. The number of aromatic nitrogens is 4. The minimum absolute atomic E-state index is 0.0335. The van der Waals surface area contributed by atoms with Crippen molar-refractivity contribution in [1.29, 1.82) is 0 Å². The molecule has 0 bridgehead atoms. The number of carbonyl (C=O) groups is 1. The second-order valence-electron chi connectivity index (χ2n) is 3.79. The fourth-order valence-corrected chi connectivity index (χ4v) is 2.42. The molecule has 126 valence electrons. The van der Waals surface area contributed by atoms with Gasteiger partial charge in [0.15, 0.2) is 5.65 Å². The van der Waals surface area contributed by atoms with Crippen molar-refractivity contribution in [3.8, 4) is 0 Å². The summed E-state index contributed by atoms with van der Waals surface area (Å²) in [7, 11) is 0. The number of H-pyrrole nitrogens is 2. The summed E-state index contributed by atoms with van der Waals surface area (Å²) in [5.41, 5.74) is 8.53. The zero-order chi connectivity index (χ0) is 18.3. The lowest BCUT2D eigenvalue weighted by Gasteiger charge is -1.95. The van der Waals surface area contributed by atoms with Gasteiger partial charge < -0.3 is 9.97 Å². The van der Waals surface area contributed by atoms with Crippen LogP contribution in [-0.4, -0.2) is 25.8 Å². The predicted molar refractivity (Wildman–Crippen MR) is 95.9 cm³/mol. The number of nitrogens with one attached hydrogen (secondary N) is 2. The zero-order valence-corrected chi connectivity index (χ0v) is 15.2. The van der Waals surface area contributed by atoms with Gasteiger partial charge in [0.1, 0.15) is 5.65 Å². The molecular weight excluding hydrogens is 378 g/mol. The van der Waals surface area contributed by atoms with E-state index in [2.05, 4.69) is 45.9 Å². The summed E-state index contributed by atoms with van der Waals surface area (Å²) in [6.45, 7) is 8.00. The third-order valence-corrected chi connectivity index (χ3v) is 3.49. The van der Waals surface area contributed by atoms with Gasteiger partial charge in [0.05, 0.1) is 21.7 Å². The van der Waals surface area contributed by atoms with Gasteiger partial charge in [-0.3, -0.25) is 9.59 Å². The van der Waals surface area contributed by atoms with Crippen molar-refractivity contribution in [3.63, 3.8) is 0 Å². The maximum Gasteiger partial charge on any atom is 0.264 e. The van der Waals surface area contributed by atoms with Gasteiger partial charge in [0.2, 0.25) is 0 Å². The number of aromatic amines is 2. The molecular formula is C14H16BrN7O2. The van der Waals surface area contributed by atoms with Gasteiger partial charge in [-0.05, 0) is 26.6 Å². The van der Waals surface area contributed by atoms with Crippen LogP contribution in [-0.2, 0) is 0 Å². The molecule has 2 N–H and O–H groups in total. The molecule has 9 nitrogen and oxygen atoms in total. The van der Waals surface area contributed by atoms with Crippen LogP contribution < -0.4 is 5.56 Å². The predicted octanol–water partition coefficient (Wildman–Crippen LogP) is 4.06. The van der Waals surface area contributed by atoms with Crippen LogP contribution in [0, 0.1) is 0 Å². The van der Waals surface area contributed by atoms with E-state index in [0.29, 0.717) is 22.1 Å². The van der Waals surface area contributed by atoms with E-state index >= 15 is 0 Å². The fourth-order valence-electron chi connectivity index (χ4n) is 1.94. The summed E-state index contributed by atoms with van der Waals surface area (Å²) < 4.78 is -0.0335. The van der Waals surface area contributed by atoms with Crippen LogP contribution in [0.4, 0.5) is 0 Å². The number of azide groups is 1. The van der Waals surface area contributed by atoms with E-state index in [0.717, 1.165) is 0 Å². The molecule has 0 aromatic carbocycles. The third-order valence-electron chi connectivity index (χ3n) is 2.73. The zero-order valence-electron chi connectivity index (χ0n) is 13.6. The maximum atomic E-state index is 12.0. The number of carbonyl (C=O) groups excluding carboxylic acids is 1. The summed E-state index contributed by atoms with van der Waals surface area (Å²) in [5.74, 6) is -0.875. The molecule has 0 fully saturated rings. The molecule has 3 rings (SSSR count). The van der Waals surface area contributed by atoms with Crippen molar-refractivity contribution in [3.05, 3.63) is 43.4 Å². The van der Waals surface area contributed by atoms with E-state index in [9.17, 15) is 9.59 Å². The topological polar surface area (TPSA) is 140 Å². The fraction of sp³-hybridized carbons (Fsp3) is 0.286. The first-order valence-electron chi connectivity index (χ1n) is 7.26. The lowest BCUT2D eigenvalue weighted by Crippen LogP contribution is -2.07. The average Bonchev–Trinajstić information content (AvgIpc) is 2.99. The molecule has 0 aliphatic carbocycles.